The summed E-state index contributed by atoms with van der Waals surface area (Å²) in [5.74, 6) is 1.76. The molecule has 0 aliphatic heterocycles. The Morgan fingerprint density at radius 3 is 2.42 bits per heavy atom. The number of hydrogen-bond acceptors (Lipinski definition) is 5. The molecule has 5 nitrogen and oxygen atoms in total. The number of nitrogens with zero attached hydrogens (tertiary/aromatic N) is 3. The van der Waals surface area contributed by atoms with Crippen molar-refractivity contribution in [3.63, 3.8) is 0 Å². The third-order valence-electron chi connectivity index (χ3n) is 1.41. The SMILES string of the molecule is CNc1nc(N)nc(C(C)C)n1. The average Bonchev–Trinajstić information content (AvgIpc) is 2.03. The van der Waals surface area contributed by atoms with Gasteiger partial charge in [0.15, 0.2) is 0 Å². The van der Waals surface area contributed by atoms with Crippen LogP contribution in [0.15, 0.2) is 0 Å². The van der Waals surface area contributed by atoms with Crippen LogP contribution in [0, 0.1) is 0 Å². The molecule has 0 saturated carbocycles. The van der Waals surface area contributed by atoms with Gasteiger partial charge in [0.2, 0.25) is 11.9 Å². The normalized spacial score (nSPS) is 10.3. The third kappa shape index (κ3) is 1.81. The fourth-order valence-corrected chi connectivity index (χ4v) is 0.779. The topological polar surface area (TPSA) is 76.7 Å². The van der Waals surface area contributed by atoms with Crippen LogP contribution in [0.2, 0.25) is 0 Å². The molecule has 0 amide bonds. The van der Waals surface area contributed by atoms with Crippen molar-refractivity contribution in [2.75, 3.05) is 18.1 Å². The molecule has 1 rings (SSSR count). The fourth-order valence-electron chi connectivity index (χ4n) is 0.779. The number of nitrogens with one attached hydrogen (secondary N) is 1. The van der Waals surface area contributed by atoms with Gasteiger partial charge in [-0.1, -0.05) is 13.8 Å². The molecule has 1 aromatic heterocycles. The summed E-state index contributed by atoms with van der Waals surface area (Å²) in [4.78, 5) is 12.0. The second-order valence-corrected chi connectivity index (χ2v) is 2.78. The molecule has 0 saturated heterocycles. The number of anilines is 2. The molecule has 0 aliphatic rings. The van der Waals surface area contributed by atoms with Gasteiger partial charge in [0.25, 0.3) is 0 Å². The summed E-state index contributed by atoms with van der Waals surface area (Å²) in [5, 5.41) is 2.82. The van der Waals surface area contributed by atoms with E-state index in [0.29, 0.717) is 11.8 Å². The van der Waals surface area contributed by atoms with Crippen molar-refractivity contribution >= 4 is 11.9 Å². The van der Waals surface area contributed by atoms with E-state index in [1.165, 1.54) is 0 Å². The second kappa shape index (κ2) is 3.34. The molecule has 66 valence electrons. The molecule has 0 aromatic carbocycles. The van der Waals surface area contributed by atoms with E-state index in [1.807, 2.05) is 13.8 Å². The van der Waals surface area contributed by atoms with Gasteiger partial charge in [-0.2, -0.15) is 15.0 Å². The molecule has 1 aromatic rings. The third-order valence-corrected chi connectivity index (χ3v) is 1.41. The highest BCUT2D eigenvalue weighted by Crippen LogP contribution is 2.10. The summed E-state index contributed by atoms with van der Waals surface area (Å²) in [7, 11) is 1.75. The van der Waals surface area contributed by atoms with Gasteiger partial charge in [0.1, 0.15) is 5.82 Å². The lowest BCUT2D eigenvalue weighted by molar-refractivity contribution is 0.767. The van der Waals surface area contributed by atoms with Gasteiger partial charge < -0.3 is 11.1 Å². The van der Waals surface area contributed by atoms with Crippen molar-refractivity contribution in [3.8, 4) is 0 Å². The van der Waals surface area contributed by atoms with Crippen molar-refractivity contribution < 1.29 is 0 Å². The summed E-state index contributed by atoms with van der Waals surface area (Å²) < 4.78 is 0. The minimum absolute atomic E-state index is 0.262. The minimum Gasteiger partial charge on any atom is -0.368 e. The van der Waals surface area contributed by atoms with Gasteiger partial charge in [0, 0.05) is 13.0 Å². The van der Waals surface area contributed by atoms with Gasteiger partial charge in [-0.05, 0) is 0 Å². The molecule has 0 fully saturated rings. The lowest BCUT2D eigenvalue weighted by Gasteiger charge is -2.05. The maximum atomic E-state index is 5.47. The second-order valence-electron chi connectivity index (χ2n) is 2.78. The molecule has 3 N–H and O–H groups in total. The first kappa shape index (κ1) is 8.70. The number of aromatic nitrogens is 3. The van der Waals surface area contributed by atoms with Gasteiger partial charge >= 0.3 is 0 Å². The van der Waals surface area contributed by atoms with Crippen LogP contribution in [0.4, 0.5) is 11.9 Å². The molecule has 1 heterocycles. The highest BCUT2D eigenvalue weighted by Gasteiger charge is 2.05. The lowest BCUT2D eigenvalue weighted by atomic mass is 10.2. The van der Waals surface area contributed by atoms with E-state index in [1.54, 1.807) is 7.05 Å². The summed E-state index contributed by atoms with van der Waals surface area (Å²) in [5.41, 5.74) is 5.47. The molecule has 0 bridgehead atoms. The number of nitrogen functional groups attached to an aromatic ring is 1. The van der Waals surface area contributed by atoms with E-state index in [2.05, 4.69) is 20.3 Å². The summed E-state index contributed by atoms with van der Waals surface area (Å²) in [6.07, 6.45) is 0. The monoisotopic (exact) mass is 167 g/mol. The predicted molar refractivity (Wildman–Crippen MR) is 47.9 cm³/mol. The standard InChI is InChI=1S/C7H13N5/c1-4(2)5-10-6(8)12-7(9-3)11-5/h4H,1-3H3,(H3,8,9,10,11,12). The van der Waals surface area contributed by atoms with Crippen LogP contribution < -0.4 is 11.1 Å². The summed E-state index contributed by atoms with van der Waals surface area (Å²) >= 11 is 0. The van der Waals surface area contributed by atoms with Crippen molar-refractivity contribution in [3.05, 3.63) is 5.82 Å². The van der Waals surface area contributed by atoms with Crippen LogP contribution in [0.3, 0.4) is 0 Å². The molecule has 0 unspecified atom stereocenters. The van der Waals surface area contributed by atoms with Gasteiger partial charge in [-0.15, -0.1) is 0 Å². The first-order valence-corrected chi connectivity index (χ1v) is 3.82. The molecule has 5 heteroatoms. The Kier molecular flexibility index (Phi) is 2.42. The Hall–Kier alpha value is -1.39. The van der Waals surface area contributed by atoms with Crippen LogP contribution in [0.25, 0.3) is 0 Å². The molecule has 0 spiro atoms. The van der Waals surface area contributed by atoms with Crippen LogP contribution in [-0.4, -0.2) is 22.0 Å². The first-order valence-electron chi connectivity index (χ1n) is 3.82. The van der Waals surface area contributed by atoms with Gasteiger partial charge in [0.05, 0.1) is 0 Å². The average molecular weight is 167 g/mol. The first-order chi connectivity index (χ1) is 5.63. The van der Waals surface area contributed by atoms with Crippen LogP contribution >= 0.6 is 0 Å². The highest BCUT2D eigenvalue weighted by molar-refractivity contribution is 5.30. The molecular weight excluding hydrogens is 154 g/mol. The van der Waals surface area contributed by atoms with Crippen LogP contribution in [0.1, 0.15) is 25.6 Å². The summed E-state index contributed by atoms with van der Waals surface area (Å²) in [6, 6.07) is 0. The van der Waals surface area contributed by atoms with Gasteiger partial charge in [-0.25, -0.2) is 0 Å². The lowest BCUT2D eigenvalue weighted by Crippen LogP contribution is -2.07. The molecule has 0 atom stereocenters. The van der Waals surface area contributed by atoms with Crippen molar-refractivity contribution in [1.82, 2.24) is 15.0 Å². The Morgan fingerprint density at radius 2 is 1.92 bits per heavy atom. The van der Waals surface area contributed by atoms with E-state index in [0.717, 1.165) is 0 Å². The number of nitrogens with two attached hydrogens (primary N) is 1. The zero-order valence-electron chi connectivity index (χ0n) is 7.50. The Bertz CT molecular complexity index is 270. The van der Waals surface area contributed by atoms with Crippen LogP contribution in [-0.2, 0) is 0 Å². The predicted octanol–water partition coefficient (Wildman–Crippen LogP) is 0.619. The van der Waals surface area contributed by atoms with Gasteiger partial charge in [-0.3, -0.25) is 0 Å². The number of rotatable bonds is 2. The van der Waals surface area contributed by atoms with E-state index in [9.17, 15) is 0 Å². The van der Waals surface area contributed by atoms with Crippen LogP contribution in [0.5, 0.6) is 0 Å². The zero-order chi connectivity index (χ0) is 9.14. The fraction of sp³-hybridized carbons (Fsp3) is 0.571. The Balaban J connectivity index is 3.06. The Morgan fingerprint density at radius 1 is 1.25 bits per heavy atom. The smallest absolute Gasteiger partial charge is 0.227 e. The van der Waals surface area contributed by atoms with E-state index >= 15 is 0 Å². The largest absolute Gasteiger partial charge is 0.368 e. The van der Waals surface area contributed by atoms with E-state index < -0.39 is 0 Å². The molecular formula is C7H13N5. The zero-order valence-corrected chi connectivity index (χ0v) is 7.50. The van der Waals surface area contributed by atoms with E-state index in [4.69, 9.17) is 5.73 Å². The van der Waals surface area contributed by atoms with Crippen molar-refractivity contribution in [2.45, 2.75) is 19.8 Å². The van der Waals surface area contributed by atoms with E-state index in [-0.39, 0.29) is 11.9 Å². The molecule has 0 aliphatic carbocycles. The van der Waals surface area contributed by atoms with Crippen molar-refractivity contribution in [1.29, 1.82) is 0 Å². The Labute approximate surface area is 71.4 Å². The highest BCUT2D eigenvalue weighted by atomic mass is 15.2. The molecule has 0 radical (unpaired) electrons. The number of hydrogen-bond donors (Lipinski definition) is 2. The van der Waals surface area contributed by atoms with Crippen molar-refractivity contribution in [2.24, 2.45) is 0 Å². The summed E-state index contributed by atoms with van der Waals surface area (Å²) in [6.45, 7) is 4.02. The maximum Gasteiger partial charge on any atom is 0.227 e. The quantitative estimate of drug-likeness (QED) is 0.675. The minimum atomic E-state index is 0.262. The maximum absolute atomic E-state index is 5.47. The molecule has 12 heavy (non-hydrogen) atoms.